The van der Waals surface area contributed by atoms with Crippen molar-refractivity contribution in [3.63, 3.8) is 0 Å². The molecule has 0 amide bonds. The minimum absolute atomic E-state index is 0.573. The normalized spacial score (nSPS) is 18.2. The molecule has 3 heteroatoms. The molecule has 0 aromatic heterocycles. The fraction of sp³-hybridized carbons (Fsp3) is 0.538. The summed E-state index contributed by atoms with van der Waals surface area (Å²) < 4.78 is 0. The number of hydrogen-bond acceptors (Lipinski definition) is 1. The Balaban J connectivity index is 1.91. The Hall–Kier alpha value is -0.240. The van der Waals surface area contributed by atoms with E-state index >= 15 is 0 Å². The third-order valence-electron chi connectivity index (χ3n) is 3.50. The molecule has 2 rings (SSSR count). The summed E-state index contributed by atoms with van der Waals surface area (Å²) in [6.07, 6.45) is 4.10. The second-order valence-electron chi connectivity index (χ2n) is 4.57. The second-order valence-corrected chi connectivity index (χ2v) is 5.36. The van der Waals surface area contributed by atoms with Gasteiger partial charge in [-0.05, 0) is 37.3 Å². The minimum atomic E-state index is 0.573. The molecule has 1 nitrogen and oxygen atoms in total. The van der Waals surface area contributed by atoms with E-state index in [1.807, 2.05) is 18.2 Å². The maximum Gasteiger partial charge on any atom is 0.0637 e. The van der Waals surface area contributed by atoms with Gasteiger partial charge in [0.25, 0.3) is 0 Å². The summed E-state index contributed by atoms with van der Waals surface area (Å²) in [5.41, 5.74) is 1.08. The van der Waals surface area contributed by atoms with Crippen LogP contribution in [-0.4, -0.2) is 6.04 Å². The summed E-state index contributed by atoms with van der Waals surface area (Å²) in [5, 5.41) is 4.84. The Morgan fingerprint density at radius 1 is 1.38 bits per heavy atom. The van der Waals surface area contributed by atoms with Crippen LogP contribution in [0.5, 0.6) is 0 Å². The Morgan fingerprint density at radius 2 is 2.12 bits per heavy atom. The van der Waals surface area contributed by atoms with Gasteiger partial charge in [-0.2, -0.15) is 0 Å². The van der Waals surface area contributed by atoms with E-state index < -0.39 is 0 Å². The van der Waals surface area contributed by atoms with E-state index in [4.69, 9.17) is 23.2 Å². The first-order valence-corrected chi connectivity index (χ1v) is 6.60. The van der Waals surface area contributed by atoms with Crippen molar-refractivity contribution in [2.75, 3.05) is 0 Å². The van der Waals surface area contributed by atoms with Gasteiger partial charge in [-0.15, -0.1) is 0 Å². The molecule has 1 aromatic rings. The highest BCUT2D eigenvalue weighted by Gasteiger charge is 2.23. The molecule has 1 atom stereocenters. The highest BCUT2D eigenvalue weighted by molar-refractivity contribution is 6.42. The van der Waals surface area contributed by atoms with E-state index in [1.54, 1.807) is 0 Å². The Labute approximate surface area is 107 Å². The van der Waals surface area contributed by atoms with Crippen LogP contribution < -0.4 is 5.32 Å². The Bertz CT molecular complexity index is 361. The van der Waals surface area contributed by atoms with E-state index in [0.717, 1.165) is 18.0 Å². The lowest BCUT2D eigenvalue weighted by atomic mass is 9.80. The van der Waals surface area contributed by atoms with E-state index in [9.17, 15) is 0 Å². The molecule has 1 unspecified atom stereocenters. The average molecular weight is 258 g/mol. The molecular weight excluding hydrogens is 241 g/mol. The summed E-state index contributed by atoms with van der Waals surface area (Å²) in [5.74, 6) is 0.845. The first-order chi connectivity index (χ1) is 7.68. The van der Waals surface area contributed by atoms with E-state index in [0.29, 0.717) is 16.1 Å². The van der Waals surface area contributed by atoms with Crippen molar-refractivity contribution in [1.82, 2.24) is 5.32 Å². The topological polar surface area (TPSA) is 12.0 Å². The van der Waals surface area contributed by atoms with Crippen LogP contribution in [0.15, 0.2) is 18.2 Å². The standard InChI is InChI=1S/C13H17Cl2N/c1-9(10-4-2-5-10)16-8-11-6-3-7-12(14)13(11)15/h3,6-7,9-10,16H,2,4-5,8H2,1H3. The molecule has 1 N–H and O–H groups in total. The number of hydrogen-bond donors (Lipinski definition) is 1. The largest absolute Gasteiger partial charge is 0.310 e. The fourth-order valence-electron chi connectivity index (χ4n) is 2.06. The van der Waals surface area contributed by atoms with Gasteiger partial charge < -0.3 is 5.32 Å². The zero-order chi connectivity index (χ0) is 11.5. The van der Waals surface area contributed by atoms with Crippen LogP contribution in [0.25, 0.3) is 0 Å². The maximum atomic E-state index is 6.13. The molecule has 1 saturated carbocycles. The summed E-state index contributed by atoms with van der Waals surface area (Å²) in [6, 6.07) is 6.36. The molecule has 0 spiro atoms. The highest BCUT2D eigenvalue weighted by Crippen LogP contribution is 2.30. The van der Waals surface area contributed by atoms with E-state index in [2.05, 4.69) is 12.2 Å². The molecule has 0 saturated heterocycles. The molecule has 0 aliphatic heterocycles. The van der Waals surface area contributed by atoms with Crippen molar-refractivity contribution in [2.24, 2.45) is 5.92 Å². The zero-order valence-electron chi connectivity index (χ0n) is 9.47. The predicted octanol–water partition coefficient (Wildman–Crippen LogP) is 4.27. The quantitative estimate of drug-likeness (QED) is 0.850. The minimum Gasteiger partial charge on any atom is -0.310 e. The van der Waals surface area contributed by atoms with E-state index in [-0.39, 0.29) is 0 Å². The number of benzene rings is 1. The van der Waals surface area contributed by atoms with Crippen LogP contribution in [-0.2, 0) is 6.54 Å². The van der Waals surface area contributed by atoms with Gasteiger partial charge in [-0.25, -0.2) is 0 Å². The van der Waals surface area contributed by atoms with Gasteiger partial charge in [0, 0.05) is 12.6 Å². The molecule has 0 heterocycles. The maximum absolute atomic E-state index is 6.13. The van der Waals surface area contributed by atoms with Crippen LogP contribution in [0.2, 0.25) is 10.0 Å². The summed E-state index contributed by atoms with van der Waals surface area (Å²) in [6.45, 7) is 3.05. The van der Waals surface area contributed by atoms with E-state index in [1.165, 1.54) is 19.3 Å². The smallest absolute Gasteiger partial charge is 0.0637 e. The molecule has 0 radical (unpaired) electrons. The SMILES string of the molecule is CC(NCc1cccc(Cl)c1Cl)C1CCC1. The first kappa shape index (κ1) is 12.2. The lowest BCUT2D eigenvalue weighted by Crippen LogP contribution is -2.36. The van der Waals surface area contributed by atoms with Gasteiger partial charge in [-0.3, -0.25) is 0 Å². The number of halogens is 2. The van der Waals surface area contributed by atoms with Crippen molar-refractivity contribution in [2.45, 2.75) is 38.8 Å². The molecule has 0 bridgehead atoms. The summed E-state index contributed by atoms with van der Waals surface area (Å²) in [4.78, 5) is 0. The van der Waals surface area contributed by atoms with Crippen LogP contribution >= 0.6 is 23.2 Å². The van der Waals surface area contributed by atoms with Gasteiger partial charge in [-0.1, -0.05) is 41.8 Å². The van der Waals surface area contributed by atoms with Crippen molar-refractivity contribution in [3.8, 4) is 0 Å². The van der Waals surface area contributed by atoms with Gasteiger partial charge in [0.2, 0.25) is 0 Å². The summed E-state index contributed by atoms with van der Waals surface area (Å²) in [7, 11) is 0. The molecule has 88 valence electrons. The number of nitrogens with one attached hydrogen (secondary N) is 1. The Kier molecular flexibility index (Phi) is 4.12. The molecular formula is C13H17Cl2N. The molecule has 1 aliphatic carbocycles. The van der Waals surface area contributed by atoms with Gasteiger partial charge in [0.15, 0.2) is 0 Å². The van der Waals surface area contributed by atoms with Crippen molar-refractivity contribution >= 4 is 23.2 Å². The highest BCUT2D eigenvalue weighted by atomic mass is 35.5. The molecule has 1 fully saturated rings. The van der Waals surface area contributed by atoms with Gasteiger partial charge in [0.1, 0.15) is 0 Å². The van der Waals surface area contributed by atoms with Crippen molar-refractivity contribution in [1.29, 1.82) is 0 Å². The van der Waals surface area contributed by atoms with Crippen LogP contribution in [0, 0.1) is 5.92 Å². The van der Waals surface area contributed by atoms with Crippen LogP contribution in [0.4, 0.5) is 0 Å². The fourth-order valence-corrected chi connectivity index (χ4v) is 2.45. The van der Waals surface area contributed by atoms with Crippen LogP contribution in [0.3, 0.4) is 0 Å². The Morgan fingerprint density at radius 3 is 2.75 bits per heavy atom. The van der Waals surface area contributed by atoms with Gasteiger partial charge in [0.05, 0.1) is 10.0 Å². The second kappa shape index (κ2) is 5.39. The first-order valence-electron chi connectivity index (χ1n) is 5.84. The van der Waals surface area contributed by atoms with Gasteiger partial charge >= 0.3 is 0 Å². The number of rotatable bonds is 4. The monoisotopic (exact) mass is 257 g/mol. The lowest BCUT2D eigenvalue weighted by molar-refractivity contribution is 0.240. The third kappa shape index (κ3) is 2.71. The van der Waals surface area contributed by atoms with Crippen LogP contribution in [0.1, 0.15) is 31.7 Å². The summed E-state index contributed by atoms with van der Waals surface area (Å²) >= 11 is 12.1. The average Bonchev–Trinajstić information content (AvgIpc) is 2.18. The predicted molar refractivity (Wildman–Crippen MR) is 70.1 cm³/mol. The van der Waals surface area contributed by atoms with Crippen molar-refractivity contribution in [3.05, 3.63) is 33.8 Å². The van der Waals surface area contributed by atoms with Crippen molar-refractivity contribution < 1.29 is 0 Å². The zero-order valence-corrected chi connectivity index (χ0v) is 11.0. The molecule has 16 heavy (non-hydrogen) atoms. The molecule has 1 aromatic carbocycles. The lowest BCUT2D eigenvalue weighted by Gasteiger charge is -2.32. The third-order valence-corrected chi connectivity index (χ3v) is 4.36. The molecule has 1 aliphatic rings.